The van der Waals surface area contributed by atoms with Crippen molar-refractivity contribution in [3.8, 4) is 11.5 Å². The Balaban J connectivity index is 1.94. The Hall–Kier alpha value is -2.89. The van der Waals surface area contributed by atoms with Gasteiger partial charge < -0.3 is 13.9 Å². The second kappa shape index (κ2) is 6.31. The maximum absolute atomic E-state index is 12.6. The Morgan fingerprint density at radius 2 is 1.75 bits per heavy atom. The SMILES string of the molecule is COc1ccc2c(C)c(C(=O)c3ccc(OC(F)F)cc3)oc2c1. The minimum atomic E-state index is -2.90. The van der Waals surface area contributed by atoms with E-state index in [1.54, 1.807) is 26.2 Å². The molecule has 1 heterocycles. The second-order valence-electron chi connectivity index (χ2n) is 5.15. The molecule has 0 radical (unpaired) electrons. The number of furan rings is 1. The van der Waals surface area contributed by atoms with Crippen LogP contribution in [0.2, 0.25) is 0 Å². The summed E-state index contributed by atoms with van der Waals surface area (Å²) < 4.78 is 39.4. The number of carbonyl (C=O) groups is 1. The number of aryl methyl sites for hydroxylation is 1. The monoisotopic (exact) mass is 332 g/mol. The first-order valence-electron chi connectivity index (χ1n) is 7.16. The van der Waals surface area contributed by atoms with E-state index in [-0.39, 0.29) is 17.3 Å². The number of benzene rings is 2. The van der Waals surface area contributed by atoms with E-state index in [2.05, 4.69) is 4.74 Å². The van der Waals surface area contributed by atoms with Gasteiger partial charge in [0.1, 0.15) is 17.1 Å². The van der Waals surface area contributed by atoms with E-state index in [9.17, 15) is 13.6 Å². The molecule has 4 nitrogen and oxygen atoms in total. The Labute approximate surface area is 136 Å². The van der Waals surface area contributed by atoms with Crippen LogP contribution in [0.4, 0.5) is 8.78 Å². The van der Waals surface area contributed by atoms with E-state index in [1.165, 1.54) is 24.3 Å². The van der Waals surface area contributed by atoms with Crippen LogP contribution >= 0.6 is 0 Å². The first-order chi connectivity index (χ1) is 11.5. The van der Waals surface area contributed by atoms with Crippen LogP contribution in [0.3, 0.4) is 0 Å². The summed E-state index contributed by atoms with van der Waals surface area (Å²) >= 11 is 0. The van der Waals surface area contributed by atoms with E-state index in [0.717, 1.165) is 5.39 Å². The average Bonchev–Trinajstić information content (AvgIpc) is 2.90. The summed E-state index contributed by atoms with van der Waals surface area (Å²) in [6.45, 7) is -1.11. The van der Waals surface area contributed by atoms with Gasteiger partial charge in [0, 0.05) is 22.6 Å². The fraction of sp³-hybridized carbons (Fsp3) is 0.167. The molecule has 1 aromatic heterocycles. The maximum Gasteiger partial charge on any atom is 0.387 e. The van der Waals surface area contributed by atoms with E-state index in [0.29, 0.717) is 22.5 Å². The van der Waals surface area contributed by atoms with Gasteiger partial charge in [-0.25, -0.2) is 0 Å². The molecule has 0 fully saturated rings. The summed E-state index contributed by atoms with van der Waals surface area (Å²) in [5.74, 6) is 0.503. The molecule has 3 rings (SSSR count). The van der Waals surface area contributed by atoms with Crippen molar-refractivity contribution >= 4 is 16.8 Å². The highest BCUT2D eigenvalue weighted by Gasteiger charge is 2.19. The van der Waals surface area contributed by atoms with Crippen LogP contribution in [0, 0.1) is 6.92 Å². The van der Waals surface area contributed by atoms with Gasteiger partial charge in [0.15, 0.2) is 5.76 Å². The van der Waals surface area contributed by atoms with Crippen LogP contribution in [0.25, 0.3) is 11.0 Å². The van der Waals surface area contributed by atoms with Crippen molar-refractivity contribution in [3.63, 3.8) is 0 Å². The summed E-state index contributed by atoms with van der Waals surface area (Å²) in [4.78, 5) is 12.6. The Morgan fingerprint density at radius 3 is 2.38 bits per heavy atom. The molecule has 124 valence electrons. The smallest absolute Gasteiger partial charge is 0.387 e. The lowest BCUT2D eigenvalue weighted by atomic mass is 10.0. The third-order valence-electron chi connectivity index (χ3n) is 3.69. The van der Waals surface area contributed by atoms with E-state index in [4.69, 9.17) is 9.15 Å². The van der Waals surface area contributed by atoms with Gasteiger partial charge in [0.2, 0.25) is 5.78 Å². The third-order valence-corrected chi connectivity index (χ3v) is 3.69. The van der Waals surface area contributed by atoms with Crippen LogP contribution < -0.4 is 9.47 Å². The number of ether oxygens (including phenoxy) is 2. The number of hydrogen-bond acceptors (Lipinski definition) is 4. The zero-order valence-electron chi connectivity index (χ0n) is 13.0. The molecule has 6 heteroatoms. The number of fused-ring (bicyclic) bond motifs is 1. The van der Waals surface area contributed by atoms with Crippen LogP contribution in [-0.4, -0.2) is 19.5 Å². The zero-order valence-corrected chi connectivity index (χ0v) is 13.0. The molecule has 0 spiro atoms. The Kier molecular flexibility index (Phi) is 4.20. The van der Waals surface area contributed by atoms with E-state index in [1.807, 2.05) is 6.07 Å². The van der Waals surface area contributed by atoms with Crippen LogP contribution in [0.5, 0.6) is 11.5 Å². The number of rotatable bonds is 5. The predicted molar refractivity (Wildman–Crippen MR) is 84.0 cm³/mol. The topological polar surface area (TPSA) is 48.7 Å². The van der Waals surface area contributed by atoms with Gasteiger partial charge in [0.05, 0.1) is 7.11 Å². The highest BCUT2D eigenvalue weighted by molar-refractivity contribution is 6.10. The standard InChI is InChI=1S/C18H14F2O4/c1-10-14-8-7-13(22-2)9-15(14)24-17(10)16(21)11-3-5-12(6-4-11)23-18(19)20/h3-9,18H,1-2H3. The lowest BCUT2D eigenvalue weighted by Crippen LogP contribution is -2.04. The van der Waals surface area contributed by atoms with Crippen molar-refractivity contribution in [2.75, 3.05) is 7.11 Å². The van der Waals surface area contributed by atoms with Gasteiger partial charge in [-0.2, -0.15) is 8.78 Å². The first-order valence-corrected chi connectivity index (χ1v) is 7.16. The van der Waals surface area contributed by atoms with Crippen LogP contribution in [0.15, 0.2) is 46.9 Å². The van der Waals surface area contributed by atoms with Crippen molar-refractivity contribution in [1.29, 1.82) is 0 Å². The number of hydrogen-bond donors (Lipinski definition) is 0. The van der Waals surface area contributed by atoms with Crippen molar-refractivity contribution in [2.24, 2.45) is 0 Å². The van der Waals surface area contributed by atoms with Gasteiger partial charge in [-0.3, -0.25) is 4.79 Å². The zero-order chi connectivity index (χ0) is 17.3. The normalized spacial score (nSPS) is 11.0. The molecule has 24 heavy (non-hydrogen) atoms. The number of ketones is 1. The molecule has 0 aliphatic heterocycles. The molecular formula is C18H14F2O4. The highest BCUT2D eigenvalue weighted by atomic mass is 19.3. The lowest BCUT2D eigenvalue weighted by molar-refractivity contribution is -0.0498. The van der Waals surface area contributed by atoms with Crippen molar-refractivity contribution in [2.45, 2.75) is 13.5 Å². The van der Waals surface area contributed by atoms with Crippen molar-refractivity contribution in [3.05, 3.63) is 59.4 Å². The Morgan fingerprint density at radius 1 is 1.08 bits per heavy atom. The quantitative estimate of drug-likeness (QED) is 0.642. The first kappa shape index (κ1) is 16.0. The fourth-order valence-electron chi connectivity index (χ4n) is 2.47. The molecule has 0 unspecified atom stereocenters. The van der Waals surface area contributed by atoms with Gasteiger partial charge in [-0.15, -0.1) is 0 Å². The number of methoxy groups -OCH3 is 1. The summed E-state index contributed by atoms with van der Waals surface area (Å²) in [5.41, 5.74) is 1.59. The largest absolute Gasteiger partial charge is 0.497 e. The predicted octanol–water partition coefficient (Wildman–Crippen LogP) is 4.58. The molecule has 0 atom stereocenters. The molecular weight excluding hydrogens is 318 g/mol. The number of halogens is 2. The summed E-state index contributed by atoms with van der Waals surface area (Å²) in [6.07, 6.45) is 0. The number of alkyl halides is 2. The molecule has 0 bridgehead atoms. The van der Waals surface area contributed by atoms with Crippen molar-refractivity contribution in [1.82, 2.24) is 0 Å². The van der Waals surface area contributed by atoms with Crippen molar-refractivity contribution < 1.29 is 27.5 Å². The fourth-order valence-corrected chi connectivity index (χ4v) is 2.47. The average molecular weight is 332 g/mol. The molecule has 0 amide bonds. The molecule has 2 aromatic carbocycles. The maximum atomic E-state index is 12.6. The lowest BCUT2D eigenvalue weighted by Gasteiger charge is -2.04. The molecule has 0 aliphatic carbocycles. The molecule has 3 aromatic rings. The van der Waals surface area contributed by atoms with E-state index >= 15 is 0 Å². The van der Waals surface area contributed by atoms with Gasteiger partial charge in [-0.05, 0) is 43.3 Å². The summed E-state index contributed by atoms with van der Waals surface area (Å²) in [5, 5.41) is 0.816. The molecule has 0 saturated carbocycles. The Bertz CT molecular complexity index is 882. The molecule has 0 saturated heterocycles. The van der Waals surface area contributed by atoms with Gasteiger partial charge in [-0.1, -0.05) is 0 Å². The second-order valence-corrected chi connectivity index (χ2v) is 5.15. The summed E-state index contributed by atoms with van der Waals surface area (Å²) in [6, 6.07) is 10.8. The van der Waals surface area contributed by atoms with Crippen LogP contribution in [0.1, 0.15) is 21.7 Å². The third kappa shape index (κ3) is 2.95. The number of carbonyl (C=O) groups excluding carboxylic acids is 1. The molecule has 0 N–H and O–H groups in total. The highest BCUT2D eigenvalue weighted by Crippen LogP contribution is 2.30. The van der Waals surface area contributed by atoms with E-state index < -0.39 is 6.61 Å². The minimum Gasteiger partial charge on any atom is -0.497 e. The summed E-state index contributed by atoms with van der Waals surface area (Å²) in [7, 11) is 1.55. The minimum absolute atomic E-state index is 0.00684. The molecule has 0 aliphatic rings. The van der Waals surface area contributed by atoms with Crippen LogP contribution in [-0.2, 0) is 0 Å². The van der Waals surface area contributed by atoms with Gasteiger partial charge >= 0.3 is 6.61 Å². The van der Waals surface area contributed by atoms with Gasteiger partial charge in [0.25, 0.3) is 0 Å².